The molecular formula is C30H29BrClNO7S2. The molecule has 0 radical (unpaired) electrons. The molecule has 0 saturated carbocycles. The molecule has 0 bridgehead atoms. The minimum atomic E-state index is -4.20. The molecule has 3 aromatic carbocycles. The molecule has 0 atom stereocenters. The van der Waals surface area contributed by atoms with Crippen LogP contribution in [0.4, 0.5) is 4.79 Å². The molecule has 1 aliphatic heterocycles. The maximum absolute atomic E-state index is 13.1. The van der Waals surface area contributed by atoms with Gasteiger partial charge in [-0.3, -0.25) is 14.5 Å². The van der Waals surface area contributed by atoms with Gasteiger partial charge in [0, 0.05) is 5.02 Å². The van der Waals surface area contributed by atoms with Crippen molar-refractivity contribution in [2.75, 3.05) is 19.8 Å². The zero-order chi connectivity index (χ0) is 30.6. The van der Waals surface area contributed by atoms with E-state index in [1.807, 2.05) is 25.1 Å². The SMILES string of the molecule is CCOc1cc(/C=C2\SC(=O)N(CCOc3cc(C)ccc3C(C)C)C2=O)cc(Br)c1OS(=O)(=O)c1ccc(Cl)cc1. The Morgan fingerprint density at radius 1 is 1.02 bits per heavy atom. The van der Waals surface area contributed by atoms with Crippen LogP contribution in [0.15, 0.2) is 68.9 Å². The fraction of sp³-hybridized carbons (Fsp3) is 0.267. The van der Waals surface area contributed by atoms with Gasteiger partial charge in [-0.2, -0.15) is 8.42 Å². The van der Waals surface area contributed by atoms with Crippen molar-refractivity contribution in [1.82, 2.24) is 4.90 Å². The van der Waals surface area contributed by atoms with E-state index in [4.69, 9.17) is 25.3 Å². The Hall–Kier alpha value is -2.99. The van der Waals surface area contributed by atoms with Crippen LogP contribution in [0.3, 0.4) is 0 Å². The highest BCUT2D eigenvalue weighted by Crippen LogP contribution is 2.41. The van der Waals surface area contributed by atoms with Gasteiger partial charge in [0.1, 0.15) is 17.3 Å². The summed E-state index contributed by atoms with van der Waals surface area (Å²) in [5.74, 6) is 0.646. The van der Waals surface area contributed by atoms with E-state index in [1.165, 1.54) is 24.3 Å². The molecule has 4 rings (SSSR count). The van der Waals surface area contributed by atoms with Gasteiger partial charge in [-0.1, -0.05) is 37.6 Å². The second-order valence-corrected chi connectivity index (χ2v) is 13.5. The first-order valence-electron chi connectivity index (χ1n) is 13.0. The van der Waals surface area contributed by atoms with Crippen LogP contribution in [-0.2, 0) is 14.9 Å². The van der Waals surface area contributed by atoms with Crippen LogP contribution >= 0.6 is 39.3 Å². The zero-order valence-corrected chi connectivity index (χ0v) is 27.3. The third kappa shape index (κ3) is 7.50. The van der Waals surface area contributed by atoms with Crippen molar-refractivity contribution in [3.8, 4) is 17.2 Å². The lowest BCUT2D eigenvalue weighted by molar-refractivity contribution is -0.123. The monoisotopic (exact) mass is 693 g/mol. The summed E-state index contributed by atoms with van der Waals surface area (Å²) in [4.78, 5) is 27.1. The average molecular weight is 695 g/mol. The van der Waals surface area contributed by atoms with E-state index in [9.17, 15) is 18.0 Å². The molecule has 1 aliphatic rings. The van der Waals surface area contributed by atoms with Gasteiger partial charge < -0.3 is 13.7 Å². The van der Waals surface area contributed by atoms with Gasteiger partial charge >= 0.3 is 10.1 Å². The van der Waals surface area contributed by atoms with E-state index in [0.717, 1.165) is 33.5 Å². The van der Waals surface area contributed by atoms with Crippen LogP contribution in [0.1, 0.15) is 43.4 Å². The second-order valence-electron chi connectivity index (χ2n) is 9.63. The highest BCUT2D eigenvalue weighted by molar-refractivity contribution is 9.10. The normalized spacial score (nSPS) is 14.6. The summed E-state index contributed by atoms with van der Waals surface area (Å²) in [6.45, 7) is 8.34. The molecule has 0 aromatic heterocycles. The van der Waals surface area contributed by atoms with E-state index in [1.54, 1.807) is 25.1 Å². The fourth-order valence-corrected chi connectivity index (χ4v) is 6.70. The Labute approximate surface area is 263 Å². The quantitative estimate of drug-likeness (QED) is 0.148. The number of aryl methyl sites for hydroxylation is 1. The van der Waals surface area contributed by atoms with Crippen molar-refractivity contribution < 1.29 is 31.7 Å². The van der Waals surface area contributed by atoms with Crippen LogP contribution < -0.4 is 13.7 Å². The highest BCUT2D eigenvalue weighted by atomic mass is 79.9. The number of thioether (sulfide) groups is 1. The molecule has 222 valence electrons. The van der Waals surface area contributed by atoms with Crippen molar-refractivity contribution in [3.63, 3.8) is 0 Å². The first kappa shape index (κ1) is 31.9. The van der Waals surface area contributed by atoms with E-state index in [-0.39, 0.29) is 51.4 Å². The van der Waals surface area contributed by atoms with E-state index >= 15 is 0 Å². The Morgan fingerprint density at radius 3 is 2.40 bits per heavy atom. The molecule has 0 N–H and O–H groups in total. The van der Waals surface area contributed by atoms with E-state index in [2.05, 4.69) is 29.8 Å². The predicted molar refractivity (Wildman–Crippen MR) is 168 cm³/mol. The molecule has 8 nitrogen and oxygen atoms in total. The number of ether oxygens (including phenoxy) is 2. The molecule has 0 unspecified atom stereocenters. The van der Waals surface area contributed by atoms with Crippen molar-refractivity contribution >= 4 is 66.6 Å². The van der Waals surface area contributed by atoms with Gasteiger partial charge in [-0.15, -0.1) is 0 Å². The maximum Gasteiger partial charge on any atom is 0.339 e. The third-order valence-corrected chi connectivity index (χ3v) is 9.15. The summed E-state index contributed by atoms with van der Waals surface area (Å²) in [5, 5.41) is -0.0146. The van der Waals surface area contributed by atoms with Gasteiger partial charge in [0.05, 0.1) is 22.5 Å². The maximum atomic E-state index is 13.1. The van der Waals surface area contributed by atoms with Gasteiger partial charge in [0.15, 0.2) is 11.5 Å². The van der Waals surface area contributed by atoms with E-state index < -0.39 is 21.3 Å². The Kier molecular flexibility index (Phi) is 10.3. The lowest BCUT2D eigenvalue weighted by Gasteiger charge is -2.17. The standard InChI is InChI=1S/C30H29BrClNO7S2/c1-5-38-26-16-20(15-24(31)28(26)40-42(36,37)22-9-7-21(32)8-10-22)17-27-29(34)33(30(35)41-27)12-13-39-25-14-19(4)6-11-23(25)18(2)3/h6-11,14-18H,5,12-13H2,1-4H3/b27-17-. The molecule has 12 heteroatoms. The topological polar surface area (TPSA) is 99.2 Å². The number of nitrogens with zero attached hydrogens (tertiary/aromatic N) is 1. The summed E-state index contributed by atoms with van der Waals surface area (Å²) in [6, 6.07) is 14.7. The molecule has 0 aliphatic carbocycles. The van der Waals surface area contributed by atoms with Crippen LogP contribution in [0.5, 0.6) is 17.2 Å². The molecule has 1 saturated heterocycles. The predicted octanol–water partition coefficient (Wildman–Crippen LogP) is 7.82. The molecule has 2 amide bonds. The van der Waals surface area contributed by atoms with E-state index in [0.29, 0.717) is 10.6 Å². The number of hydrogen-bond donors (Lipinski definition) is 0. The Balaban J connectivity index is 1.52. The Bertz CT molecular complexity index is 1640. The summed E-state index contributed by atoms with van der Waals surface area (Å²) >= 11 is 10.1. The van der Waals surface area contributed by atoms with Crippen LogP contribution in [0.2, 0.25) is 5.02 Å². The number of rotatable bonds is 11. The molecular weight excluding hydrogens is 666 g/mol. The zero-order valence-electron chi connectivity index (χ0n) is 23.3. The third-order valence-electron chi connectivity index (χ3n) is 6.16. The van der Waals surface area contributed by atoms with Crippen molar-refractivity contribution in [2.45, 2.75) is 38.5 Å². The number of benzene rings is 3. The average Bonchev–Trinajstić information content (AvgIpc) is 3.18. The summed E-state index contributed by atoms with van der Waals surface area (Å²) in [5.41, 5.74) is 2.61. The lowest BCUT2D eigenvalue weighted by atomic mass is 10.0. The minimum absolute atomic E-state index is 0.0499. The first-order chi connectivity index (χ1) is 19.9. The molecule has 42 heavy (non-hydrogen) atoms. The summed E-state index contributed by atoms with van der Waals surface area (Å²) in [7, 11) is -4.20. The van der Waals surface area contributed by atoms with Gasteiger partial charge in [0.25, 0.3) is 11.1 Å². The number of halogens is 2. The number of amides is 2. The highest BCUT2D eigenvalue weighted by Gasteiger charge is 2.35. The first-order valence-corrected chi connectivity index (χ1v) is 16.4. The minimum Gasteiger partial charge on any atom is -0.491 e. The van der Waals surface area contributed by atoms with Crippen LogP contribution in [-0.4, -0.2) is 44.2 Å². The lowest BCUT2D eigenvalue weighted by Crippen LogP contribution is -2.32. The number of imide groups is 1. The molecule has 3 aromatic rings. The van der Waals surface area contributed by atoms with Crippen molar-refractivity contribution in [3.05, 3.63) is 85.7 Å². The number of hydrogen-bond acceptors (Lipinski definition) is 8. The fourth-order valence-electron chi connectivity index (χ4n) is 4.11. The van der Waals surface area contributed by atoms with Gasteiger partial charge in [0.2, 0.25) is 0 Å². The molecule has 1 fully saturated rings. The van der Waals surface area contributed by atoms with Gasteiger partial charge in [-0.05, 0) is 113 Å². The number of carbonyl (C=O) groups excluding carboxylic acids is 2. The van der Waals surface area contributed by atoms with Crippen molar-refractivity contribution in [2.24, 2.45) is 0 Å². The number of carbonyl (C=O) groups is 2. The molecule has 0 spiro atoms. The largest absolute Gasteiger partial charge is 0.491 e. The van der Waals surface area contributed by atoms with Crippen molar-refractivity contribution in [1.29, 1.82) is 0 Å². The van der Waals surface area contributed by atoms with Gasteiger partial charge in [-0.25, -0.2) is 0 Å². The Morgan fingerprint density at radius 2 is 1.74 bits per heavy atom. The molecule has 1 heterocycles. The summed E-state index contributed by atoms with van der Waals surface area (Å²) in [6.07, 6.45) is 1.55. The van der Waals surface area contributed by atoms with Crippen LogP contribution in [0.25, 0.3) is 6.08 Å². The van der Waals surface area contributed by atoms with Crippen LogP contribution in [0, 0.1) is 6.92 Å². The summed E-state index contributed by atoms with van der Waals surface area (Å²) < 4.78 is 43.1. The smallest absolute Gasteiger partial charge is 0.339 e. The second kappa shape index (κ2) is 13.5.